The van der Waals surface area contributed by atoms with E-state index in [0.29, 0.717) is 0 Å². The van der Waals surface area contributed by atoms with Gasteiger partial charge in [0.1, 0.15) is 5.82 Å². The maximum Gasteiger partial charge on any atom is 0.123 e. The predicted octanol–water partition coefficient (Wildman–Crippen LogP) is 4.09. The third kappa shape index (κ3) is 2.14. The van der Waals surface area contributed by atoms with Crippen LogP contribution in [0.5, 0.6) is 0 Å². The van der Waals surface area contributed by atoms with E-state index >= 15 is 0 Å². The number of nitrogens with one attached hydrogen (secondary N) is 1. The Kier molecular flexibility index (Phi) is 2.85. The van der Waals surface area contributed by atoms with Gasteiger partial charge in [-0.1, -0.05) is 30.3 Å². The molecule has 0 saturated heterocycles. The molecule has 0 fully saturated rings. The smallest absolute Gasteiger partial charge is 0.123 e. The van der Waals surface area contributed by atoms with Crippen molar-refractivity contribution in [1.82, 2.24) is 4.98 Å². The molecule has 0 aliphatic rings. The van der Waals surface area contributed by atoms with Crippen LogP contribution in [0.3, 0.4) is 0 Å². The van der Waals surface area contributed by atoms with Gasteiger partial charge in [-0.15, -0.1) is 0 Å². The molecule has 90 valence electrons. The highest BCUT2D eigenvalue weighted by molar-refractivity contribution is 5.83. The van der Waals surface area contributed by atoms with Gasteiger partial charge in [0.2, 0.25) is 0 Å². The van der Waals surface area contributed by atoms with Gasteiger partial charge in [0.15, 0.2) is 0 Å². The molecule has 0 radical (unpaired) electrons. The average molecular weight is 239 g/mol. The van der Waals surface area contributed by atoms with Crippen LogP contribution in [0.4, 0.5) is 4.39 Å². The van der Waals surface area contributed by atoms with Crippen LogP contribution < -0.4 is 0 Å². The number of para-hydroxylation sites is 1. The van der Waals surface area contributed by atoms with Crippen molar-refractivity contribution in [3.63, 3.8) is 0 Å². The molecule has 1 nitrogen and oxygen atoms in total. The summed E-state index contributed by atoms with van der Waals surface area (Å²) in [5.41, 5.74) is 3.66. The first kappa shape index (κ1) is 11.0. The fourth-order valence-electron chi connectivity index (χ4n) is 2.27. The van der Waals surface area contributed by atoms with Gasteiger partial charge in [0, 0.05) is 17.1 Å². The Morgan fingerprint density at radius 1 is 0.889 bits per heavy atom. The summed E-state index contributed by atoms with van der Waals surface area (Å²) in [5, 5.41) is 1.28. The van der Waals surface area contributed by atoms with Crippen LogP contribution in [-0.2, 0) is 12.8 Å². The Morgan fingerprint density at radius 3 is 2.50 bits per heavy atom. The Balaban J connectivity index is 1.79. The van der Waals surface area contributed by atoms with Crippen molar-refractivity contribution in [3.8, 4) is 0 Å². The molecule has 0 saturated carbocycles. The molecular weight excluding hydrogens is 225 g/mol. The van der Waals surface area contributed by atoms with Crippen LogP contribution in [0.2, 0.25) is 0 Å². The summed E-state index contributed by atoms with van der Waals surface area (Å²) in [5.74, 6) is -0.175. The summed E-state index contributed by atoms with van der Waals surface area (Å²) >= 11 is 0. The molecule has 1 heterocycles. The van der Waals surface area contributed by atoms with E-state index in [9.17, 15) is 4.39 Å². The van der Waals surface area contributed by atoms with Gasteiger partial charge in [0.25, 0.3) is 0 Å². The number of aromatic amines is 1. The average Bonchev–Trinajstić information content (AvgIpc) is 2.82. The van der Waals surface area contributed by atoms with Crippen molar-refractivity contribution in [2.24, 2.45) is 0 Å². The Labute approximate surface area is 105 Å². The number of aromatic nitrogens is 1. The lowest BCUT2D eigenvalue weighted by Crippen LogP contribution is -1.90. The van der Waals surface area contributed by atoms with Crippen LogP contribution in [-0.4, -0.2) is 4.98 Å². The van der Waals surface area contributed by atoms with Crippen molar-refractivity contribution in [2.75, 3.05) is 0 Å². The van der Waals surface area contributed by atoms with Gasteiger partial charge in [-0.2, -0.15) is 0 Å². The fraction of sp³-hybridized carbons (Fsp3) is 0.125. The Hall–Kier alpha value is -2.09. The number of halogens is 1. The van der Waals surface area contributed by atoms with Gasteiger partial charge in [-0.25, -0.2) is 4.39 Å². The van der Waals surface area contributed by atoms with E-state index < -0.39 is 0 Å². The van der Waals surface area contributed by atoms with Crippen molar-refractivity contribution in [1.29, 1.82) is 0 Å². The lowest BCUT2D eigenvalue weighted by molar-refractivity contribution is 0.627. The minimum Gasteiger partial charge on any atom is -0.361 e. The SMILES string of the molecule is Fc1ccc(CCc2c[nH]c3ccccc23)cc1. The quantitative estimate of drug-likeness (QED) is 0.708. The molecule has 0 aliphatic carbocycles. The van der Waals surface area contributed by atoms with Crippen LogP contribution in [0.25, 0.3) is 10.9 Å². The number of benzene rings is 2. The standard InChI is InChI=1S/C16H14FN/c17-14-9-6-12(7-10-14)5-8-13-11-18-16-4-2-1-3-15(13)16/h1-4,6-7,9-11,18H,5,8H2. The molecule has 0 amide bonds. The molecular formula is C16H14FN. The molecule has 1 N–H and O–H groups in total. The number of hydrogen-bond donors (Lipinski definition) is 1. The van der Waals surface area contributed by atoms with E-state index in [2.05, 4.69) is 29.4 Å². The van der Waals surface area contributed by atoms with E-state index in [4.69, 9.17) is 0 Å². The van der Waals surface area contributed by atoms with Gasteiger partial charge < -0.3 is 4.98 Å². The predicted molar refractivity (Wildman–Crippen MR) is 72.1 cm³/mol. The van der Waals surface area contributed by atoms with Crippen LogP contribution in [0.15, 0.2) is 54.7 Å². The van der Waals surface area contributed by atoms with Crippen molar-refractivity contribution < 1.29 is 4.39 Å². The monoisotopic (exact) mass is 239 g/mol. The largest absolute Gasteiger partial charge is 0.361 e. The summed E-state index contributed by atoms with van der Waals surface area (Å²) in [6.45, 7) is 0. The maximum absolute atomic E-state index is 12.8. The van der Waals surface area contributed by atoms with Crippen LogP contribution in [0, 0.1) is 5.82 Å². The Bertz CT molecular complexity index is 652. The van der Waals surface area contributed by atoms with E-state index in [-0.39, 0.29) is 5.82 Å². The minimum atomic E-state index is -0.175. The number of hydrogen-bond acceptors (Lipinski definition) is 0. The molecule has 18 heavy (non-hydrogen) atoms. The summed E-state index contributed by atoms with van der Waals surface area (Å²) in [4.78, 5) is 3.27. The van der Waals surface area contributed by atoms with Gasteiger partial charge >= 0.3 is 0 Å². The molecule has 1 aromatic heterocycles. The number of aryl methyl sites for hydroxylation is 2. The molecule has 3 aromatic rings. The minimum absolute atomic E-state index is 0.175. The third-order valence-corrected chi connectivity index (χ3v) is 3.27. The second-order valence-corrected chi connectivity index (χ2v) is 4.49. The zero-order valence-corrected chi connectivity index (χ0v) is 9.99. The first-order valence-corrected chi connectivity index (χ1v) is 6.12. The lowest BCUT2D eigenvalue weighted by atomic mass is 10.0. The van der Waals surface area contributed by atoms with Gasteiger partial charge in [0.05, 0.1) is 0 Å². The zero-order chi connectivity index (χ0) is 12.4. The molecule has 0 unspecified atom stereocenters. The van der Waals surface area contributed by atoms with Gasteiger partial charge in [-0.3, -0.25) is 0 Å². The van der Waals surface area contributed by atoms with Crippen molar-refractivity contribution in [3.05, 3.63) is 71.7 Å². The highest BCUT2D eigenvalue weighted by Gasteiger charge is 2.03. The molecule has 0 atom stereocenters. The first-order chi connectivity index (χ1) is 8.83. The first-order valence-electron chi connectivity index (χ1n) is 6.12. The normalized spacial score (nSPS) is 10.9. The highest BCUT2D eigenvalue weighted by atomic mass is 19.1. The van der Waals surface area contributed by atoms with E-state index in [1.165, 1.54) is 34.2 Å². The van der Waals surface area contributed by atoms with E-state index in [1.54, 1.807) is 0 Å². The molecule has 2 aromatic carbocycles. The van der Waals surface area contributed by atoms with Crippen molar-refractivity contribution in [2.45, 2.75) is 12.8 Å². The van der Waals surface area contributed by atoms with Gasteiger partial charge in [-0.05, 0) is 42.2 Å². The molecule has 3 rings (SSSR count). The molecule has 2 heteroatoms. The maximum atomic E-state index is 12.8. The molecule has 0 aliphatic heterocycles. The third-order valence-electron chi connectivity index (χ3n) is 3.27. The topological polar surface area (TPSA) is 15.8 Å². The number of fused-ring (bicyclic) bond motifs is 1. The summed E-state index contributed by atoms with van der Waals surface area (Å²) < 4.78 is 12.8. The summed E-state index contributed by atoms with van der Waals surface area (Å²) in [6, 6.07) is 15.0. The second-order valence-electron chi connectivity index (χ2n) is 4.49. The number of H-pyrrole nitrogens is 1. The molecule has 0 spiro atoms. The van der Waals surface area contributed by atoms with Crippen LogP contribution in [0.1, 0.15) is 11.1 Å². The fourth-order valence-corrected chi connectivity index (χ4v) is 2.27. The summed E-state index contributed by atoms with van der Waals surface area (Å²) in [6.07, 6.45) is 3.96. The zero-order valence-electron chi connectivity index (χ0n) is 9.99. The highest BCUT2D eigenvalue weighted by Crippen LogP contribution is 2.19. The summed E-state index contributed by atoms with van der Waals surface area (Å²) in [7, 11) is 0. The van der Waals surface area contributed by atoms with Crippen molar-refractivity contribution >= 4 is 10.9 Å². The van der Waals surface area contributed by atoms with E-state index in [0.717, 1.165) is 12.8 Å². The Morgan fingerprint density at radius 2 is 1.67 bits per heavy atom. The van der Waals surface area contributed by atoms with Crippen LogP contribution >= 0.6 is 0 Å². The lowest BCUT2D eigenvalue weighted by Gasteiger charge is -2.01. The number of rotatable bonds is 3. The molecule has 0 bridgehead atoms. The second kappa shape index (κ2) is 4.65. The van der Waals surface area contributed by atoms with E-state index in [1.807, 2.05) is 18.2 Å².